The molecular formula is C12H18O2. The molecule has 1 spiro atoms. The molecule has 1 saturated carbocycles. The van der Waals surface area contributed by atoms with Gasteiger partial charge in [0.1, 0.15) is 0 Å². The van der Waals surface area contributed by atoms with Gasteiger partial charge in [0.05, 0.1) is 13.2 Å². The zero-order chi connectivity index (χ0) is 9.43. The van der Waals surface area contributed by atoms with E-state index in [2.05, 4.69) is 12.2 Å². The summed E-state index contributed by atoms with van der Waals surface area (Å²) in [6.45, 7) is 1.60. The molecule has 78 valence electrons. The Balaban J connectivity index is 1.74. The molecule has 2 fully saturated rings. The summed E-state index contributed by atoms with van der Waals surface area (Å²) in [5.41, 5.74) is 0. The van der Waals surface area contributed by atoms with Gasteiger partial charge in [0.25, 0.3) is 0 Å². The zero-order valence-electron chi connectivity index (χ0n) is 8.58. The van der Waals surface area contributed by atoms with Crippen molar-refractivity contribution in [2.75, 3.05) is 13.2 Å². The van der Waals surface area contributed by atoms with Crippen LogP contribution in [0.4, 0.5) is 0 Å². The maximum absolute atomic E-state index is 5.78. The summed E-state index contributed by atoms with van der Waals surface area (Å²) in [5, 5.41) is 0. The van der Waals surface area contributed by atoms with E-state index in [0.717, 1.165) is 37.9 Å². The van der Waals surface area contributed by atoms with Crippen molar-refractivity contribution in [3.63, 3.8) is 0 Å². The first-order chi connectivity index (χ1) is 6.88. The maximum atomic E-state index is 5.78. The van der Waals surface area contributed by atoms with Crippen LogP contribution >= 0.6 is 0 Å². The molecule has 0 radical (unpaired) electrons. The second kappa shape index (κ2) is 3.35. The molecule has 1 saturated heterocycles. The molecule has 2 heteroatoms. The van der Waals surface area contributed by atoms with Crippen LogP contribution in [0.2, 0.25) is 0 Å². The SMILES string of the molecule is C1=CC2CCC3(CC2CC1)OCCO3. The highest BCUT2D eigenvalue weighted by molar-refractivity contribution is 5.01. The van der Waals surface area contributed by atoms with Crippen LogP contribution in [0.15, 0.2) is 12.2 Å². The lowest BCUT2D eigenvalue weighted by atomic mass is 9.72. The average molecular weight is 194 g/mol. The van der Waals surface area contributed by atoms with Gasteiger partial charge in [0.15, 0.2) is 5.79 Å². The van der Waals surface area contributed by atoms with Gasteiger partial charge < -0.3 is 9.47 Å². The number of rotatable bonds is 0. The predicted molar refractivity (Wildman–Crippen MR) is 53.8 cm³/mol. The highest BCUT2D eigenvalue weighted by Crippen LogP contribution is 2.45. The van der Waals surface area contributed by atoms with Crippen molar-refractivity contribution >= 4 is 0 Å². The fourth-order valence-electron chi connectivity index (χ4n) is 3.19. The van der Waals surface area contributed by atoms with Crippen LogP contribution < -0.4 is 0 Å². The van der Waals surface area contributed by atoms with Gasteiger partial charge >= 0.3 is 0 Å². The molecule has 0 aromatic rings. The van der Waals surface area contributed by atoms with Gasteiger partial charge in [-0.25, -0.2) is 0 Å². The van der Waals surface area contributed by atoms with E-state index in [1.165, 1.54) is 19.3 Å². The molecule has 3 aliphatic rings. The van der Waals surface area contributed by atoms with E-state index in [-0.39, 0.29) is 5.79 Å². The molecule has 2 atom stereocenters. The summed E-state index contributed by atoms with van der Waals surface area (Å²) in [7, 11) is 0. The lowest BCUT2D eigenvalue weighted by Crippen LogP contribution is -2.40. The quantitative estimate of drug-likeness (QED) is 0.552. The summed E-state index contributed by atoms with van der Waals surface area (Å²) in [6, 6.07) is 0. The largest absolute Gasteiger partial charge is 0.348 e. The zero-order valence-corrected chi connectivity index (χ0v) is 8.58. The molecule has 0 N–H and O–H groups in total. The molecule has 1 aliphatic heterocycles. The summed E-state index contributed by atoms with van der Waals surface area (Å²) < 4.78 is 11.6. The highest BCUT2D eigenvalue weighted by atomic mass is 16.7. The van der Waals surface area contributed by atoms with E-state index >= 15 is 0 Å². The van der Waals surface area contributed by atoms with Gasteiger partial charge in [-0.3, -0.25) is 0 Å². The molecule has 2 nitrogen and oxygen atoms in total. The van der Waals surface area contributed by atoms with Crippen LogP contribution in [0, 0.1) is 11.8 Å². The molecule has 0 amide bonds. The van der Waals surface area contributed by atoms with Crippen molar-refractivity contribution in [1.29, 1.82) is 0 Å². The highest BCUT2D eigenvalue weighted by Gasteiger charge is 2.44. The van der Waals surface area contributed by atoms with Gasteiger partial charge in [-0.15, -0.1) is 0 Å². The summed E-state index contributed by atoms with van der Waals surface area (Å²) in [6.07, 6.45) is 10.8. The monoisotopic (exact) mass is 194 g/mol. The van der Waals surface area contributed by atoms with Crippen LogP contribution in [0.25, 0.3) is 0 Å². The smallest absolute Gasteiger partial charge is 0.168 e. The van der Waals surface area contributed by atoms with Crippen molar-refractivity contribution in [3.8, 4) is 0 Å². The Hall–Kier alpha value is -0.340. The molecule has 2 aliphatic carbocycles. The summed E-state index contributed by atoms with van der Waals surface area (Å²) in [5.74, 6) is 1.45. The lowest BCUT2D eigenvalue weighted by Gasteiger charge is -2.41. The lowest BCUT2D eigenvalue weighted by molar-refractivity contribution is -0.193. The molecule has 0 bridgehead atoms. The van der Waals surface area contributed by atoms with Gasteiger partial charge in [-0.05, 0) is 31.1 Å². The van der Waals surface area contributed by atoms with Crippen LogP contribution in [-0.2, 0) is 9.47 Å². The molecule has 2 unspecified atom stereocenters. The van der Waals surface area contributed by atoms with Crippen molar-refractivity contribution in [3.05, 3.63) is 12.2 Å². The number of allylic oxidation sites excluding steroid dienone is 2. The fraction of sp³-hybridized carbons (Fsp3) is 0.833. The number of ether oxygens (including phenoxy) is 2. The minimum absolute atomic E-state index is 0.174. The molecule has 0 aromatic heterocycles. The van der Waals surface area contributed by atoms with E-state index in [1.807, 2.05) is 0 Å². The van der Waals surface area contributed by atoms with Crippen molar-refractivity contribution < 1.29 is 9.47 Å². The number of hydrogen-bond acceptors (Lipinski definition) is 2. The topological polar surface area (TPSA) is 18.5 Å². The van der Waals surface area contributed by atoms with Gasteiger partial charge in [0, 0.05) is 12.8 Å². The predicted octanol–water partition coefficient (Wildman–Crippen LogP) is 2.50. The minimum atomic E-state index is -0.174. The Kier molecular flexibility index (Phi) is 2.14. The van der Waals surface area contributed by atoms with Gasteiger partial charge in [-0.2, -0.15) is 0 Å². The number of hydrogen-bond donors (Lipinski definition) is 0. The summed E-state index contributed by atoms with van der Waals surface area (Å²) >= 11 is 0. The van der Waals surface area contributed by atoms with Gasteiger partial charge in [-0.1, -0.05) is 12.2 Å². The second-order valence-electron chi connectivity index (χ2n) is 4.78. The fourth-order valence-corrected chi connectivity index (χ4v) is 3.19. The van der Waals surface area contributed by atoms with Crippen molar-refractivity contribution in [2.45, 2.75) is 37.9 Å². The van der Waals surface area contributed by atoms with E-state index < -0.39 is 0 Å². The third kappa shape index (κ3) is 1.41. The van der Waals surface area contributed by atoms with Crippen LogP contribution in [-0.4, -0.2) is 19.0 Å². The summed E-state index contributed by atoms with van der Waals surface area (Å²) in [4.78, 5) is 0. The first kappa shape index (κ1) is 8.93. The van der Waals surface area contributed by atoms with E-state index in [0.29, 0.717) is 0 Å². The van der Waals surface area contributed by atoms with E-state index in [9.17, 15) is 0 Å². The molecular weight excluding hydrogens is 176 g/mol. The molecule has 1 heterocycles. The first-order valence-corrected chi connectivity index (χ1v) is 5.83. The second-order valence-corrected chi connectivity index (χ2v) is 4.78. The third-order valence-corrected chi connectivity index (χ3v) is 3.94. The Morgan fingerprint density at radius 1 is 1.14 bits per heavy atom. The van der Waals surface area contributed by atoms with Crippen molar-refractivity contribution in [2.24, 2.45) is 11.8 Å². The van der Waals surface area contributed by atoms with Crippen molar-refractivity contribution in [1.82, 2.24) is 0 Å². The average Bonchev–Trinajstić information content (AvgIpc) is 2.66. The van der Waals surface area contributed by atoms with Gasteiger partial charge in [0.2, 0.25) is 0 Å². The Labute approximate surface area is 85.3 Å². The first-order valence-electron chi connectivity index (χ1n) is 5.83. The van der Waals surface area contributed by atoms with Crippen LogP contribution in [0.1, 0.15) is 32.1 Å². The standard InChI is InChI=1S/C12H18O2/c1-2-4-11-9-12(13-7-8-14-12)6-5-10(11)3-1/h1,3,10-11H,2,4-9H2. The maximum Gasteiger partial charge on any atom is 0.168 e. The van der Waals surface area contributed by atoms with Crippen LogP contribution in [0.5, 0.6) is 0 Å². The Bertz CT molecular complexity index is 241. The Morgan fingerprint density at radius 2 is 2.00 bits per heavy atom. The third-order valence-electron chi connectivity index (χ3n) is 3.94. The van der Waals surface area contributed by atoms with E-state index in [4.69, 9.17) is 9.47 Å². The molecule has 14 heavy (non-hydrogen) atoms. The molecule has 3 rings (SSSR count). The minimum Gasteiger partial charge on any atom is -0.348 e. The number of fused-ring (bicyclic) bond motifs is 1. The van der Waals surface area contributed by atoms with Crippen LogP contribution in [0.3, 0.4) is 0 Å². The van der Waals surface area contributed by atoms with E-state index in [1.54, 1.807) is 0 Å². The molecule has 0 aromatic carbocycles. The normalized spacial score (nSPS) is 40.0. The Morgan fingerprint density at radius 3 is 2.86 bits per heavy atom.